The van der Waals surface area contributed by atoms with E-state index >= 15 is 0 Å². The maximum Gasteiger partial charge on any atom is 0.326 e. The van der Waals surface area contributed by atoms with E-state index in [0.717, 1.165) is 12.5 Å². The summed E-state index contributed by atoms with van der Waals surface area (Å²) < 4.78 is 18.7. The van der Waals surface area contributed by atoms with Crippen LogP contribution in [0.3, 0.4) is 0 Å². The first-order chi connectivity index (χ1) is 9.90. The van der Waals surface area contributed by atoms with E-state index in [-0.39, 0.29) is 11.4 Å². The van der Waals surface area contributed by atoms with Crippen LogP contribution in [0.25, 0.3) is 0 Å². The monoisotopic (exact) mass is 300 g/mol. The van der Waals surface area contributed by atoms with Crippen LogP contribution in [0.4, 0.5) is 15.8 Å². The maximum atomic E-state index is 13.9. The van der Waals surface area contributed by atoms with Crippen LogP contribution in [0.5, 0.6) is 5.75 Å². The molecule has 0 amide bonds. The smallest absolute Gasteiger partial charge is 0.326 e. The second-order valence-corrected chi connectivity index (χ2v) is 4.44. The first-order valence-corrected chi connectivity index (χ1v) is 6.42. The Morgan fingerprint density at radius 2 is 2.24 bits per heavy atom. The second kappa shape index (κ2) is 7.41. The number of carboxylic acid groups (broad SMARTS) is 1. The highest BCUT2D eigenvalue weighted by molar-refractivity contribution is 5.77. The number of nitro groups is 1. The number of hydrogen-bond acceptors (Lipinski definition) is 5. The highest BCUT2D eigenvalue weighted by Crippen LogP contribution is 2.32. The molecule has 0 aliphatic rings. The summed E-state index contributed by atoms with van der Waals surface area (Å²) in [5, 5.41) is 22.4. The molecule has 0 fully saturated rings. The van der Waals surface area contributed by atoms with Crippen molar-refractivity contribution in [2.24, 2.45) is 0 Å². The number of carboxylic acids is 1. The van der Waals surface area contributed by atoms with Gasteiger partial charge in [0.15, 0.2) is 11.6 Å². The molecular formula is C13H17FN2O5. The minimum Gasteiger partial charge on any atom is -0.490 e. The predicted molar refractivity (Wildman–Crippen MR) is 74.2 cm³/mol. The number of benzene rings is 1. The number of nitrogens with zero attached hydrogens (tertiary/aromatic N) is 1. The summed E-state index contributed by atoms with van der Waals surface area (Å²) >= 11 is 0. The zero-order valence-corrected chi connectivity index (χ0v) is 11.8. The molecule has 0 heterocycles. The summed E-state index contributed by atoms with van der Waals surface area (Å²) in [6, 6.07) is 0.834. The summed E-state index contributed by atoms with van der Waals surface area (Å²) in [5.74, 6) is -2.14. The van der Waals surface area contributed by atoms with Crippen LogP contribution in [0.1, 0.15) is 26.2 Å². The lowest BCUT2D eigenvalue weighted by molar-refractivity contribution is -0.385. The Bertz CT molecular complexity index is 536. The molecule has 7 nitrogen and oxygen atoms in total. The topological polar surface area (TPSA) is 102 Å². The zero-order valence-electron chi connectivity index (χ0n) is 11.8. The molecule has 0 unspecified atom stereocenters. The number of anilines is 1. The molecule has 1 aromatic carbocycles. The van der Waals surface area contributed by atoms with E-state index in [0.29, 0.717) is 18.9 Å². The Balaban J connectivity index is 3.06. The van der Waals surface area contributed by atoms with Gasteiger partial charge in [0.1, 0.15) is 6.04 Å². The average Bonchev–Trinajstić information content (AvgIpc) is 2.43. The fourth-order valence-corrected chi connectivity index (χ4v) is 1.81. The van der Waals surface area contributed by atoms with E-state index in [1.165, 1.54) is 7.11 Å². The van der Waals surface area contributed by atoms with E-state index < -0.39 is 28.4 Å². The number of unbranched alkanes of at least 4 members (excludes halogenated alkanes) is 1. The fourth-order valence-electron chi connectivity index (χ4n) is 1.81. The lowest BCUT2D eigenvalue weighted by Crippen LogP contribution is -2.29. The van der Waals surface area contributed by atoms with Gasteiger partial charge in [-0.2, -0.15) is 0 Å². The van der Waals surface area contributed by atoms with Crippen LogP contribution >= 0.6 is 0 Å². The summed E-state index contributed by atoms with van der Waals surface area (Å²) in [6.45, 7) is 1.91. The summed E-state index contributed by atoms with van der Waals surface area (Å²) in [4.78, 5) is 21.1. The Labute approximate surface area is 120 Å². The van der Waals surface area contributed by atoms with Gasteiger partial charge >= 0.3 is 11.7 Å². The molecule has 0 saturated heterocycles. The lowest BCUT2D eigenvalue weighted by Gasteiger charge is -2.16. The van der Waals surface area contributed by atoms with Gasteiger partial charge in [-0.1, -0.05) is 19.8 Å². The van der Waals surface area contributed by atoms with Crippen molar-refractivity contribution in [3.05, 3.63) is 28.1 Å². The van der Waals surface area contributed by atoms with E-state index in [4.69, 9.17) is 9.84 Å². The number of hydrogen-bond donors (Lipinski definition) is 2. The molecule has 1 aromatic rings. The number of nitrogens with one attached hydrogen (secondary N) is 1. The number of halogens is 1. The molecule has 2 N–H and O–H groups in total. The Kier molecular flexibility index (Phi) is 5.89. The van der Waals surface area contributed by atoms with Crippen LogP contribution in [-0.2, 0) is 4.79 Å². The number of nitro benzene ring substituents is 1. The molecule has 0 aromatic heterocycles. The molecule has 116 valence electrons. The van der Waals surface area contributed by atoms with Crippen LogP contribution in [0.2, 0.25) is 0 Å². The molecule has 0 bridgehead atoms. The molecule has 0 aliphatic carbocycles. The first kappa shape index (κ1) is 16.7. The van der Waals surface area contributed by atoms with Crippen LogP contribution in [-0.4, -0.2) is 29.2 Å². The van der Waals surface area contributed by atoms with Gasteiger partial charge < -0.3 is 15.2 Å². The fraction of sp³-hybridized carbons (Fsp3) is 0.462. The first-order valence-electron chi connectivity index (χ1n) is 6.42. The quantitative estimate of drug-likeness (QED) is 0.565. The third kappa shape index (κ3) is 4.30. The average molecular weight is 300 g/mol. The zero-order chi connectivity index (χ0) is 16.0. The molecule has 1 rings (SSSR count). The van der Waals surface area contributed by atoms with Gasteiger partial charge in [0.25, 0.3) is 0 Å². The molecule has 0 spiro atoms. The number of rotatable bonds is 8. The van der Waals surface area contributed by atoms with Gasteiger partial charge in [-0.25, -0.2) is 9.18 Å². The minimum absolute atomic E-state index is 0.136. The third-order valence-electron chi connectivity index (χ3n) is 2.94. The molecule has 0 aliphatic heterocycles. The molecule has 0 saturated carbocycles. The lowest BCUT2D eigenvalue weighted by atomic mass is 10.1. The van der Waals surface area contributed by atoms with E-state index in [9.17, 15) is 19.3 Å². The summed E-state index contributed by atoms with van der Waals surface area (Å²) in [7, 11) is 1.22. The molecule has 8 heteroatoms. The van der Waals surface area contributed by atoms with Gasteiger partial charge in [0.2, 0.25) is 0 Å². The van der Waals surface area contributed by atoms with Gasteiger partial charge in [0, 0.05) is 6.07 Å². The van der Waals surface area contributed by atoms with Crippen LogP contribution in [0.15, 0.2) is 12.1 Å². The van der Waals surface area contributed by atoms with Gasteiger partial charge in [-0.3, -0.25) is 10.1 Å². The van der Waals surface area contributed by atoms with Crippen molar-refractivity contribution in [2.75, 3.05) is 12.4 Å². The Hall–Kier alpha value is -2.38. The molecular weight excluding hydrogens is 283 g/mol. The van der Waals surface area contributed by atoms with E-state index in [1.54, 1.807) is 0 Å². The minimum atomic E-state index is -1.11. The Morgan fingerprint density at radius 1 is 1.57 bits per heavy atom. The number of aliphatic carboxylic acids is 1. The largest absolute Gasteiger partial charge is 0.490 e. The normalized spacial score (nSPS) is 11.8. The number of ether oxygens (including phenoxy) is 1. The van der Waals surface area contributed by atoms with Crippen molar-refractivity contribution >= 4 is 17.3 Å². The highest BCUT2D eigenvalue weighted by Gasteiger charge is 2.23. The van der Waals surface area contributed by atoms with Crippen molar-refractivity contribution in [1.29, 1.82) is 0 Å². The second-order valence-electron chi connectivity index (χ2n) is 4.44. The number of methoxy groups -OCH3 is 1. The van der Waals surface area contributed by atoms with Gasteiger partial charge in [-0.05, 0) is 6.42 Å². The highest BCUT2D eigenvalue weighted by atomic mass is 19.1. The summed E-state index contributed by atoms with van der Waals surface area (Å²) in [6.07, 6.45) is 1.79. The molecule has 21 heavy (non-hydrogen) atoms. The predicted octanol–water partition coefficient (Wildman–Crippen LogP) is 2.80. The van der Waals surface area contributed by atoms with Gasteiger partial charge in [-0.15, -0.1) is 0 Å². The third-order valence-corrected chi connectivity index (χ3v) is 2.94. The molecule has 1 atom stereocenters. The maximum absolute atomic E-state index is 13.9. The van der Waals surface area contributed by atoms with Crippen molar-refractivity contribution < 1.29 is 24.0 Å². The number of carbonyl (C=O) groups is 1. The van der Waals surface area contributed by atoms with Crippen LogP contribution in [0, 0.1) is 15.9 Å². The SMILES string of the molecule is CCCC[C@H](Nc1cc(OC)c([N+](=O)[O-])cc1F)C(=O)O. The van der Waals surface area contributed by atoms with Crippen molar-refractivity contribution in [1.82, 2.24) is 0 Å². The standard InChI is InChI=1S/C13H17FN2O5/c1-3-4-5-9(13(17)18)15-10-7-12(21-2)11(16(19)20)6-8(10)14/h6-7,9,15H,3-5H2,1-2H3,(H,17,18)/t9-/m0/s1. The van der Waals surface area contributed by atoms with E-state index in [2.05, 4.69) is 5.32 Å². The van der Waals surface area contributed by atoms with E-state index in [1.807, 2.05) is 6.92 Å². The van der Waals surface area contributed by atoms with Crippen molar-refractivity contribution in [3.8, 4) is 5.75 Å². The van der Waals surface area contributed by atoms with Crippen molar-refractivity contribution in [2.45, 2.75) is 32.2 Å². The van der Waals surface area contributed by atoms with Crippen LogP contribution < -0.4 is 10.1 Å². The Morgan fingerprint density at radius 3 is 2.71 bits per heavy atom. The molecule has 0 radical (unpaired) electrons. The van der Waals surface area contributed by atoms with Gasteiger partial charge in [0.05, 0.1) is 23.8 Å². The summed E-state index contributed by atoms with van der Waals surface area (Å²) in [5.41, 5.74) is -0.651. The van der Waals surface area contributed by atoms with Crippen molar-refractivity contribution in [3.63, 3.8) is 0 Å².